The molecule has 1 aromatic heterocycles. The summed E-state index contributed by atoms with van der Waals surface area (Å²) in [5.74, 6) is 0. The molecule has 0 spiro atoms. The third-order valence-electron chi connectivity index (χ3n) is 4.08. The van der Waals surface area contributed by atoms with Crippen LogP contribution in [-0.4, -0.2) is 27.8 Å². The van der Waals surface area contributed by atoms with Crippen molar-refractivity contribution < 1.29 is 0 Å². The molecule has 118 valence electrons. The lowest BCUT2D eigenvalue weighted by atomic mass is 9.96. The second-order valence-electron chi connectivity index (χ2n) is 6.14. The van der Waals surface area contributed by atoms with E-state index in [1.54, 1.807) is 0 Å². The van der Waals surface area contributed by atoms with E-state index in [9.17, 15) is 0 Å². The zero-order valence-corrected chi connectivity index (χ0v) is 14.5. The van der Waals surface area contributed by atoms with Crippen molar-refractivity contribution in [2.24, 2.45) is 0 Å². The average Bonchev–Trinajstić information content (AvgIpc) is 2.40. The summed E-state index contributed by atoms with van der Waals surface area (Å²) in [4.78, 5) is 9.24. The molecule has 1 aliphatic carbocycles. The van der Waals surface area contributed by atoms with Gasteiger partial charge < -0.3 is 5.32 Å². The van der Waals surface area contributed by atoms with Gasteiger partial charge in [0.05, 0.1) is 0 Å². The maximum absolute atomic E-state index is 4.62. The molecule has 0 aliphatic heterocycles. The molecule has 1 aromatic rings. The molecule has 0 aromatic carbocycles. The van der Waals surface area contributed by atoms with E-state index >= 15 is 0 Å². The highest BCUT2D eigenvalue weighted by atomic mass is 32.2. The van der Waals surface area contributed by atoms with Crippen molar-refractivity contribution in [3.05, 3.63) is 17.5 Å². The first-order valence-electron chi connectivity index (χ1n) is 8.41. The Morgan fingerprint density at radius 1 is 1.10 bits per heavy atom. The number of aryl methyl sites for hydroxylation is 2. The zero-order valence-electron chi connectivity index (χ0n) is 13.7. The zero-order chi connectivity index (χ0) is 15.1. The highest BCUT2D eigenvalue weighted by Crippen LogP contribution is 2.31. The van der Waals surface area contributed by atoms with E-state index < -0.39 is 0 Å². The summed E-state index contributed by atoms with van der Waals surface area (Å²) in [6.45, 7) is 7.48. The number of nitrogens with one attached hydrogen (secondary N) is 1. The van der Waals surface area contributed by atoms with Crippen LogP contribution in [0.1, 0.15) is 63.3 Å². The van der Waals surface area contributed by atoms with Crippen LogP contribution in [0.25, 0.3) is 0 Å². The van der Waals surface area contributed by atoms with Crippen LogP contribution in [0.2, 0.25) is 0 Å². The van der Waals surface area contributed by atoms with Gasteiger partial charge in [-0.3, -0.25) is 0 Å². The number of aromatic nitrogens is 2. The predicted octanol–water partition coefficient (Wildman–Crippen LogP) is 4.28. The topological polar surface area (TPSA) is 37.8 Å². The van der Waals surface area contributed by atoms with Gasteiger partial charge in [-0.25, -0.2) is 9.97 Å². The van der Waals surface area contributed by atoms with Gasteiger partial charge in [0.25, 0.3) is 0 Å². The maximum atomic E-state index is 4.62. The Morgan fingerprint density at radius 3 is 2.43 bits per heavy atom. The van der Waals surface area contributed by atoms with Gasteiger partial charge in [0.15, 0.2) is 5.16 Å². The molecular formula is C17H29N3S. The van der Waals surface area contributed by atoms with Crippen molar-refractivity contribution in [2.75, 3.05) is 6.54 Å². The summed E-state index contributed by atoms with van der Waals surface area (Å²) in [5, 5.41) is 5.33. The number of nitrogens with zero attached hydrogens (tertiary/aromatic N) is 2. The van der Waals surface area contributed by atoms with Crippen molar-refractivity contribution in [1.82, 2.24) is 15.3 Å². The van der Waals surface area contributed by atoms with E-state index in [1.165, 1.54) is 44.9 Å². The van der Waals surface area contributed by atoms with Crippen molar-refractivity contribution >= 4 is 11.8 Å². The number of rotatable bonds is 5. The fraction of sp³-hybridized carbons (Fsp3) is 0.765. The summed E-state index contributed by atoms with van der Waals surface area (Å²) in [6.07, 6.45) is 9.24. The molecule has 0 saturated heterocycles. The Kier molecular flexibility index (Phi) is 6.97. The van der Waals surface area contributed by atoms with Crippen molar-refractivity contribution in [1.29, 1.82) is 0 Å². The molecule has 0 amide bonds. The molecule has 0 bridgehead atoms. The lowest BCUT2D eigenvalue weighted by Crippen LogP contribution is -2.39. The third-order valence-corrected chi connectivity index (χ3v) is 5.34. The molecule has 1 fully saturated rings. The smallest absolute Gasteiger partial charge is 0.188 e. The molecule has 3 nitrogen and oxygen atoms in total. The molecule has 1 heterocycles. The summed E-state index contributed by atoms with van der Waals surface area (Å²) < 4.78 is 0. The molecule has 21 heavy (non-hydrogen) atoms. The molecule has 2 unspecified atom stereocenters. The van der Waals surface area contributed by atoms with E-state index in [-0.39, 0.29) is 0 Å². The van der Waals surface area contributed by atoms with Gasteiger partial charge in [0.2, 0.25) is 0 Å². The fourth-order valence-corrected chi connectivity index (χ4v) is 4.38. The Bertz CT molecular complexity index is 414. The van der Waals surface area contributed by atoms with Crippen molar-refractivity contribution in [2.45, 2.75) is 82.2 Å². The van der Waals surface area contributed by atoms with Gasteiger partial charge in [-0.1, -0.05) is 44.4 Å². The Hall–Kier alpha value is -0.610. The van der Waals surface area contributed by atoms with Crippen LogP contribution in [-0.2, 0) is 0 Å². The second-order valence-corrected chi connectivity index (χ2v) is 7.35. The standard InChI is InChI=1S/C17H29N3S/c1-4-11-18-15-9-7-5-6-8-10-16(15)21-17-19-13(2)12-14(3)20-17/h12,15-16,18H,4-11H2,1-3H3. The molecular weight excluding hydrogens is 278 g/mol. The summed E-state index contributed by atoms with van der Waals surface area (Å²) >= 11 is 1.89. The Balaban J connectivity index is 2.06. The van der Waals surface area contributed by atoms with Gasteiger partial charge >= 0.3 is 0 Å². The molecule has 2 rings (SSSR count). The molecule has 0 radical (unpaired) electrons. The van der Waals surface area contributed by atoms with Crippen LogP contribution in [0.5, 0.6) is 0 Å². The van der Waals surface area contributed by atoms with E-state index in [1.807, 2.05) is 11.8 Å². The van der Waals surface area contributed by atoms with Crippen LogP contribution >= 0.6 is 11.8 Å². The summed E-state index contributed by atoms with van der Waals surface area (Å²) in [5.41, 5.74) is 2.16. The minimum atomic E-state index is 0.609. The van der Waals surface area contributed by atoms with Crippen LogP contribution < -0.4 is 5.32 Å². The molecule has 1 aliphatic rings. The first kappa shape index (κ1) is 16.8. The van der Waals surface area contributed by atoms with E-state index in [0.29, 0.717) is 11.3 Å². The highest BCUT2D eigenvalue weighted by molar-refractivity contribution is 7.99. The summed E-state index contributed by atoms with van der Waals surface area (Å²) in [6, 6.07) is 2.66. The number of thioether (sulfide) groups is 1. The van der Waals surface area contributed by atoms with Crippen molar-refractivity contribution in [3.8, 4) is 0 Å². The monoisotopic (exact) mass is 307 g/mol. The number of hydrogen-bond acceptors (Lipinski definition) is 4. The SMILES string of the molecule is CCCNC1CCCCCCC1Sc1nc(C)cc(C)n1. The third kappa shape index (κ3) is 5.59. The van der Waals surface area contributed by atoms with Gasteiger partial charge in [-0.15, -0.1) is 0 Å². The molecule has 1 saturated carbocycles. The largest absolute Gasteiger partial charge is 0.313 e. The molecule has 2 atom stereocenters. The minimum absolute atomic E-state index is 0.609. The lowest BCUT2D eigenvalue weighted by Gasteiger charge is -2.29. The quantitative estimate of drug-likeness (QED) is 0.824. The Morgan fingerprint density at radius 2 is 1.76 bits per heavy atom. The second kappa shape index (κ2) is 8.74. The number of hydrogen-bond donors (Lipinski definition) is 1. The minimum Gasteiger partial charge on any atom is -0.313 e. The fourth-order valence-electron chi connectivity index (χ4n) is 3.04. The van der Waals surface area contributed by atoms with Gasteiger partial charge in [0.1, 0.15) is 0 Å². The lowest BCUT2D eigenvalue weighted by molar-refractivity contribution is 0.399. The van der Waals surface area contributed by atoms with Gasteiger partial charge in [0, 0.05) is 22.7 Å². The average molecular weight is 308 g/mol. The van der Waals surface area contributed by atoms with Crippen LogP contribution in [0.15, 0.2) is 11.2 Å². The van der Waals surface area contributed by atoms with Crippen LogP contribution in [0, 0.1) is 13.8 Å². The predicted molar refractivity (Wildman–Crippen MR) is 90.9 cm³/mol. The summed E-state index contributed by atoms with van der Waals surface area (Å²) in [7, 11) is 0. The van der Waals surface area contributed by atoms with Gasteiger partial charge in [-0.05, 0) is 45.7 Å². The highest BCUT2D eigenvalue weighted by Gasteiger charge is 2.24. The molecule has 1 N–H and O–H groups in total. The van der Waals surface area contributed by atoms with Crippen LogP contribution in [0.3, 0.4) is 0 Å². The first-order chi connectivity index (χ1) is 10.2. The maximum Gasteiger partial charge on any atom is 0.188 e. The normalized spacial score (nSPS) is 23.6. The first-order valence-corrected chi connectivity index (χ1v) is 9.29. The van der Waals surface area contributed by atoms with E-state index in [2.05, 4.69) is 42.1 Å². The van der Waals surface area contributed by atoms with Gasteiger partial charge in [-0.2, -0.15) is 0 Å². The molecule has 4 heteroatoms. The Labute approximate surface area is 133 Å². The van der Waals surface area contributed by atoms with E-state index in [0.717, 1.165) is 23.1 Å². The van der Waals surface area contributed by atoms with Crippen molar-refractivity contribution in [3.63, 3.8) is 0 Å². The van der Waals surface area contributed by atoms with E-state index in [4.69, 9.17) is 0 Å². The van der Waals surface area contributed by atoms with Crippen LogP contribution in [0.4, 0.5) is 0 Å².